The van der Waals surface area contributed by atoms with E-state index in [9.17, 15) is 9.90 Å². The number of carboxylic acid groups (broad SMARTS) is 1. The van der Waals surface area contributed by atoms with E-state index < -0.39 is 6.09 Å². The highest BCUT2D eigenvalue weighted by Gasteiger charge is 2.32. The van der Waals surface area contributed by atoms with Gasteiger partial charge in [-0.15, -0.1) is 0 Å². The summed E-state index contributed by atoms with van der Waals surface area (Å²) in [6.07, 6.45) is 6.05. The molecule has 3 heteroatoms. The van der Waals surface area contributed by atoms with Gasteiger partial charge in [0, 0.05) is 11.7 Å². The topological polar surface area (TPSA) is 40.5 Å². The molecular weight excluding hydrogens is 250 g/mol. The maximum atomic E-state index is 11.6. The van der Waals surface area contributed by atoms with Gasteiger partial charge in [-0.3, -0.25) is 4.90 Å². The Morgan fingerprint density at radius 3 is 2.10 bits per heavy atom. The molecule has 3 nitrogen and oxygen atoms in total. The summed E-state index contributed by atoms with van der Waals surface area (Å²) in [4.78, 5) is 13.1. The Hall–Kier alpha value is -1.25. The van der Waals surface area contributed by atoms with Crippen LogP contribution in [0.5, 0.6) is 0 Å². The molecule has 0 aliphatic heterocycles. The van der Waals surface area contributed by atoms with E-state index >= 15 is 0 Å². The van der Waals surface area contributed by atoms with Crippen molar-refractivity contribution in [3.05, 3.63) is 23.9 Å². The Labute approximate surface area is 123 Å². The zero-order valence-corrected chi connectivity index (χ0v) is 13.4. The van der Waals surface area contributed by atoms with Crippen LogP contribution in [0.2, 0.25) is 0 Å². The SMILES string of the molecule is C=C(C=C(CC)CC)N(C(=O)O)C1CC(C)CC(C)C1. The van der Waals surface area contributed by atoms with Crippen molar-refractivity contribution in [2.24, 2.45) is 11.8 Å². The molecule has 0 aromatic heterocycles. The van der Waals surface area contributed by atoms with E-state index in [-0.39, 0.29) is 6.04 Å². The average molecular weight is 279 g/mol. The maximum absolute atomic E-state index is 11.6. The second-order valence-electron chi connectivity index (χ2n) is 6.22. The van der Waals surface area contributed by atoms with Crippen LogP contribution in [0.1, 0.15) is 59.8 Å². The largest absolute Gasteiger partial charge is 0.465 e. The molecule has 2 unspecified atom stereocenters. The Morgan fingerprint density at radius 2 is 1.70 bits per heavy atom. The second kappa shape index (κ2) is 7.51. The first kappa shape index (κ1) is 16.8. The predicted octanol–water partition coefficient (Wildman–Crippen LogP) is 5.05. The summed E-state index contributed by atoms with van der Waals surface area (Å²) in [5.74, 6) is 1.17. The van der Waals surface area contributed by atoms with Crippen LogP contribution in [0.4, 0.5) is 4.79 Å². The van der Waals surface area contributed by atoms with Gasteiger partial charge in [0.25, 0.3) is 0 Å². The van der Waals surface area contributed by atoms with Gasteiger partial charge in [-0.1, -0.05) is 39.8 Å². The lowest BCUT2D eigenvalue weighted by Crippen LogP contribution is -2.42. The molecule has 0 aromatic carbocycles. The number of hydrogen-bond acceptors (Lipinski definition) is 1. The number of amides is 1. The fraction of sp³-hybridized carbons (Fsp3) is 0.706. The van der Waals surface area contributed by atoms with Crippen LogP contribution in [0.25, 0.3) is 0 Å². The van der Waals surface area contributed by atoms with Crippen molar-refractivity contribution in [3.8, 4) is 0 Å². The highest BCUT2D eigenvalue weighted by atomic mass is 16.4. The maximum Gasteiger partial charge on any atom is 0.412 e. The number of allylic oxidation sites excluding steroid dienone is 2. The lowest BCUT2D eigenvalue weighted by Gasteiger charge is -2.38. The predicted molar refractivity (Wildman–Crippen MR) is 83.6 cm³/mol. The summed E-state index contributed by atoms with van der Waals surface area (Å²) in [5, 5.41) is 9.56. The van der Waals surface area contributed by atoms with Crippen molar-refractivity contribution >= 4 is 6.09 Å². The molecule has 0 radical (unpaired) electrons. The molecular formula is C17H29NO2. The molecule has 1 amide bonds. The standard InChI is InChI=1S/C17H29NO2/c1-6-15(7-2)11-14(5)18(17(19)20)16-9-12(3)8-13(4)10-16/h11-13,16H,5-10H2,1-4H3,(H,19,20). The lowest BCUT2D eigenvalue weighted by atomic mass is 9.79. The first-order valence-corrected chi connectivity index (χ1v) is 7.79. The van der Waals surface area contributed by atoms with Crippen molar-refractivity contribution < 1.29 is 9.90 Å². The van der Waals surface area contributed by atoms with E-state index in [4.69, 9.17) is 0 Å². The van der Waals surface area contributed by atoms with Gasteiger partial charge in [0.1, 0.15) is 0 Å². The molecule has 0 saturated heterocycles. The van der Waals surface area contributed by atoms with Crippen molar-refractivity contribution in [3.63, 3.8) is 0 Å². The minimum atomic E-state index is -0.871. The monoisotopic (exact) mass is 279 g/mol. The smallest absolute Gasteiger partial charge is 0.412 e. The molecule has 2 atom stereocenters. The van der Waals surface area contributed by atoms with Gasteiger partial charge in [-0.2, -0.15) is 0 Å². The molecule has 114 valence electrons. The molecule has 0 heterocycles. The van der Waals surface area contributed by atoms with Crippen molar-refractivity contribution in [2.45, 2.75) is 65.8 Å². The Morgan fingerprint density at radius 1 is 1.20 bits per heavy atom. The van der Waals surface area contributed by atoms with Crippen LogP contribution in [-0.4, -0.2) is 22.1 Å². The van der Waals surface area contributed by atoms with E-state index in [1.807, 2.05) is 6.08 Å². The molecule has 0 aromatic rings. The third kappa shape index (κ3) is 4.39. The van der Waals surface area contributed by atoms with Crippen LogP contribution in [0.15, 0.2) is 23.9 Å². The zero-order valence-electron chi connectivity index (χ0n) is 13.4. The zero-order chi connectivity index (χ0) is 15.3. The van der Waals surface area contributed by atoms with E-state index in [1.54, 1.807) is 0 Å². The van der Waals surface area contributed by atoms with Crippen LogP contribution < -0.4 is 0 Å². The normalized spacial score (nSPS) is 25.9. The minimum Gasteiger partial charge on any atom is -0.465 e. The van der Waals surface area contributed by atoms with E-state index in [1.165, 1.54) is 16.9 Å². The summed E-state index contributed by atoms with van der Waals surface area (Å²) in [6, 6.07) is 0.0740. The molecule has 0 bridgehead atoms. The second-order valence-corrected chi connectivity index (χ2v) is 6.22. The van der Waals surface area contributed by atoms with Gasteiger partial charge < -0.3 is 5.11 Å². The van der Waals surface area contributed by atoms with Crippen molar-refractivity contribution in [1.29, 1.82) is 0 Å². The molecule has 1 aliphatic carbocycles. The number of carbonyl (C=O) groups is 1. The van der Waals surface area contributed by atoms with Crippen LogP contribution in [0, 0.1) is 11.8 Å². The van der Waals surface area contributed by atoms with E-state index in [0.29, 0.717) is 17.5 Å². The molecule has 1 fully saturated rings. The highest BCUT2D eigenvalue weighted by Crippen LogP contribution is 2.33. The van der Waals surface area contributed by atoms with Gasteiger partial charge in [0.2, 0.25) is 0 Å². The van der Waals surface area contributed by atoms with Gasteiger partial charge >= 0.3 is 6.09 Å². The van der Waals surface area contributed by atoms with Gasteiger partial charge in [0.05, 0.1) is 0 Å². The molecule has 1 N–H and O–H groups in total. The Bertz CT molecular complexity index is 370. The third-order valence-corrected chi connectivity index (χ3v) is 4.31. The first-order chi connectivity index (χ1) is 9.38. The van der Waals surface area contributed by atoms with Crippen LogP contribution in [0.3, 0.4) is 0 Å². The van der Waals surface area contributed by atoms with Crippen molar-refractivity contribution in [2.75, 3.05) is 0 Å². The van der Waals surface area contributed by atoms with Crippen LogP contribution in [-0.2, 0) is 0 Å². The lowest BCUT2D eigenvalue weighted by molar-refractivity contribution is 0.112. The summed E-state index contributed by atoms with van der Waals surface area (Å²) < 4.78 is 0. The number of nitrogens with zero attached hydrogens (tertiary/aromatic N) is 1. The summed E-state index contributed by atoms with van der Waals surface area (Å²) in [5.41, 5.74) is 1.88. The summed E-state index contributed by atoms with van der Waals surface area (Å²) in [7, 11) is 0. The van der Waals surface area contributed by atoms with Crippen LogP contribution >= 0.6 is 0 Å². The number of rotatable bonds is 5. The average Bonchev–Trinajstić information content (AvgIpc) is 2.34. The first-order valence-electron chi connectivity index (χ1n) is 7.79. The fourth-order valence-corrected chi connectivity index (χ4v) is 3.39. The quantitative estimate of drug-likeness (QED) is 0.715. The Kier molecular flexibility index (Phi) is 6.31. The highest BCUT2D eigenvalue weighted by molar-refractivity contribution is 5.68. The van der Waals surface area contributed by atoms with Gasteiger partial charge in [-0.05, 0) is 50.0 Å². The molecule has 20 heavy (non-hydrogen) atoms. The molecule has 1 saturated carbocycles. The Balaban J connectivity index is 2.91. The summed E-state index contributed by atoms with van der Waals surface area (Å²) >= 11 is 0. The minimum absolute atomic E-state index is 0.0740. The third-order valence-electron chi connectivity index (χ3n) is 4.31. The molecule has 1 rings (SSSR count). The van der Waals surface area contributed by atoms with E-state index in [0.717, 1.165) is 25.7 Å². The van der Waals surface area contributed by atoms with E-state index in [2.05, 4.69) is 34.3 Å². The molecule has 1 aliphatic rings. The van der Waals surface area contributed by atoms with Crippen molar-refractivity contribution in [1.82, 2.24) is 4.90 Å². The number of hydrogen-bond donors (Lipinski definition) is 1. The van der Waals surface area contributed by atoms with Gasteiger partial charge in [-0.25, -0.2) is 4.79 Å². The fourth-order valence-electron chi connectivity index (χ4n) is 3.39. The molecule has 0 spiro atoms. The summed E-state index contributed by atoms with van der Waals surface area (Å²) in [6.45, 7) is 12.6. The van der Waals surface area contributed by atoms with Gasteiger partial charge in [0.15, 0.2) is 0 Å².